The maximum absolute atomic E-state index is 11.2. The molecule has 0 saturated carbocycles. The Bertz CT molecular complexity index is 1310. The van der Waals surface area contributed by atoms with E-state index in [1.807, 2.05) is 30.3 Å². The van der Waals surface area contributed by atoms with Crippen LogP contribution in [0.3, 0.4) is 0 Å². The molecule has 0 saturated heterocycles. The van der Waals surface area contributed by atoms with Crippen LogP contribution in [-0.2, 0) is 4.74 Å². The monoisotopic (exact) mass is 521 g/mol. The van der Waals surface area contributed by atoms with Crippen molar-refractivity contribution in [2.45, 2.75) is 12.3 Å². The Labute approximate surface area is 218 Å². The van der Waals surface area contributed by atoms with Gasteiger partial charge in [0.2, 0.25) is 0 Å². The fourth-order valence-electron chi connectivity index (χ4n) is 3.59. The number of hydrogen-bond donors (Lipinski definition) is 2. The number of ether oxygens (including phenoxy) is 5. The fourth-order valence-corrected chi connectivity index (χ4v) is 4.49. The first-order valence-corrected chi connectivity index (χ1v) is 12.2. The largest absolute Gasteiger partial charge is 0.493 e. The second-order valence-corrected chi connectivity index (χ2v) is 8.90. The minimum atomic E-state index is -1.15. The first-order valence-electron chi connectivity index (χ1n) is 11.4. The molecule has 192 valence electrons. The summed E-state index contributed by atoms with van der Waals surface area (Å²) in [4.78, 5) is 4.59. The summed E-state index contributed by atoms with van der Waals surface area (Å²) in [6, 6.07) is 19.7. The van der Waals surface area contributed by atoms with Crippen LogP contribution >= 0.6 is 11.3 Å². The van der Waals surface area contributed by atoms with E-state index in [0.717, 1.165) is 4.70 Å². The van der Waals surface area contributed by atoms with Gasteiger partial charge >= 0.3 is 0 Å². The van der Waals surface area contributed by atoms with E-state index in [0.29, 0.717) is 58.0 Å². The summed E-state index contributed by atoms with van der Waals surface area (Å²) >= 11 is 1.37. The van der Waals surface area contributed by atoms with E-state index in [4.69, 9.17) is 28.9 Å². The quantitative estimate of drug-likeness (QED) is 0.201. The van der Waals surface area contributed by atoms with Crippen LogP contribution in [0.1, 0.15) is 17.2 Å². The van der Waals surface area contributed by atoms with Gasteiger partial charge in [-0.3, -0.25) is 0 Å². The number of nitrogens with zero attached hydrogens (tertiary/aromatic N) is 2. The third kappa shape index (κ3) is 6.40. The molecule has 0 bridgehead atoms. The van der Waals surface area contributed by atoms with Crippen LogP contribution in [-0.4, -0.2) is 50.9 Å². The smallest absolute Gasteiger partial charge is 0.185 e. The molecule has 0 aliphatic heterocycles. The molecule has 0 radical (unpaired) electrons. The highest BCUT2D eigenvalue weighted by atomic mass is 32.1. The number of fused-ring (bicyclic) bond motifs is 1. The first-order chi connectivity index (χ1) is 18.0. The lowest BCUT2D eigenvalue weighted by atomic mass is 10.1. The average molecular weight is 522 g/mol. The van der Waals surface area contributed by atoms with Crippen LogP contribution in [0.2, 0.25) is 0 Å². The molecule has 1 heterocycles. The van der Waals surface area contributed by atoms with Gasteiger partial charge in [0.15, 0.2) is 29.0 Å². The molecule has 2 atom stereocenters. The van der Waals surface area contributed by atoms with Gasteiger partial charge in [-0.05, 0) is 42.0 Å². The molecule has 0 fully saturated rings. The first kappa shape index (κ1) is 26.0. The Balaban J connectivity index is 1.58. The number of thiazole rings is 1. The van der Waals surface area contributed by atoms with Gasteiger partial charge < -0.3 is 34.1 Å². The van der Waals surface area contributed by atoms with Crippen LogP contribution in [0.4, 0.5) is 5.13 Å². The maximum Gasteiger partial charge on any atom is 0.185 e. The molecule has 0 aliphatic rings. The van der Waals surface area contributed by atoms with Crippen molar-refractivity contribution in [3.63, 3.8) is 0 Å². The molecule has 3 aromatic carbocycles. The Morgan fingerprint density at radius 2 is 1.62 bits per heavy atom. The fraction of sp³-hybridized carbons (Fsp3) is 0.259. The number of hydrogen-bond acceptors (Lipinski definition) is 10. The topological polar surface area (TPSA) is 115 Å². The molecule has 4 aromatic rings. The minimum Gasteiger partial charge on any atom is -0.493 e. The highest BCUT2D eigenvalue weighted by Gasteiger charge is 2.25. The number of nitriles is 1. The number of benzene rings is 3. The van der Waals surface area contributed by atoms with Crippen LogP contribution in [0.15, 0.2) is 60.7 Å². The summed E-state index contributed by atoms with van der Waals surface area (Å²) in [6.07, 6.45) is -1.95. The Hall–Kier alpha value is -4.04. The molecule has 10 heteroatoms. The third-order valence-electron chi connectivity index (χ3n) is 5.46. The Kier molecular flexibility index (Phi) is 8.64. The summed E-state index contributed by atoms with van der Waals surface area (Å²) < 4.78 is 28.5. The maximum atomic E-state index is 11.2. The van der Waals surface area contributed by atoms with Gasteiger partial charge in [0.1, 0.15) is 18.1 Å². The second-order valence-electron chi connectivity index (χ2n) is 7.87. The minimum absolute atomic E-state index is 0.429. The van der Waals surface area contributed by atoms with E-state index in [1.165, 1.54) is 11.3 Å². The molecule has 2 unspecified atom stereocenters. The van der Waals surface area contributed by atoms with Crippen molar-refractivity contribution in [2.24, 2.45) is 0 Å². The second kappa shape index (κ2) is 12.3. The van der Waals surface area contributed by atoms with Crippen LogP contribution in [0, 0.1) is 11.3 Å². The molecule has 37 heavy (non-hydrogen) atoms. The highest BCUT2D eigenvalue weighted by Crippen LogP contribution is 2.37. The van der Waals surface area contributed by atoms with Gasteiger partial charge in [0.05, 0.1) is 42.7 Å². The summed E-state index contributed by atoms with van der Waals surface area (Å²) in [6.45, 7) is 0.910. The number of rotatable bonds is 12. The summed E-state index contributed by atoms with van der Waals surface area (Å²) in [5.74, 6) is 2.35. The van der Waals surface area contributed by atoms with E-state index in [1.54, 1.807) is 51.7 Å². The van der Waals surface area contributed by atoms with E-state index >= 15 is 0 Å². The molecule has 0 spiro atoms. The van der Waals surface area contributed by atoms with Crippen molar-refractivity contribution in [2.75, 3.05) is 39.9 Å². The molecule has 0 aliphatic carbocycles. The molecule has 0 amide bonds. The lowest BCUT2D eigenvalue weighted by Crippen LogP contribution is -2.31. The normalized spacial score (nSPS) is 12.4. The van der Waals surface area contributed by atoms with Gasteiger partial charge in [-0.15, -0.1) is 0 Å². The molecule has 4 rings (SSSR count). The summed E-state index contributed by atoms with van der Waals surface area (Å²) in [7, 11) is 4.76. The molecular formula is C27H27N3O6S. The highest BCUT2D eigenvalue weighted by molar-refractivity contribution is 7.22. The molecule has 9 nitrogen and oxygen atoms in total. The van der Waals surface area contributed by atoms with E-state index < -0.39 is 12.3 Å². The van der Waals surface area contributed by atoms with Crippen molar-refractivity contribution < 1.29 is 28.8 Å². The Morgan fingerprint density at radius 3 is 2.27 bits per heavy atom. The van der Waals surface area contributed by atoms with Gasteiger partial charge in [-0.1, -0.05) is 23.5 Å². The SMILES string of the molecule is COCCOc1ccc(C(Oc2ccc(C#N)cc2)C(O)Nc2nc3cc(OC)c(OC)cc3s2)cc1. The van der Waals surface area contributed by atoms with Gasteiger partial charge in [0, 0.05) is 19.2 Å². The van der Waals surface area contributed by atoms with Crippen LogP contribution in [0.25, 0.3) is 10.2 Å². The van der Waals surface area contributed by atoms with Crippen molar-refractivity contribution in [1.29, 1.82) is 5.26 Å². The molecular weight excluding hydrogens is 494 g/mol. The summed E-state index contributed by atoms with van der Waals surface area (Å²) in [5, 5.41) is 23.9. The van der Waals surface area contributed by atoms with Crippen LogP contribution < -0.4 is 24.3 Å². The van der Waals surface area contributed by atoms with E-state index in [2.05, 4.69) is 16.4 Å². The average Bonchev–Trinajstić information content (AvgIpc) is 3.32. The number of aromatic nitrogens is 1. The zero-order valence-corrected chi connectivity index (χ0v) is 21.5. The van der Waals surface area contributed by atoms with Crippen LogP contribution in [0.5, 0.6) is 23.0 Å². The zero-order valence-electron chi connectivity index (χ0n) is 20.6. The number of nitrogens with one attached hydrogen (secondary N) is 1. The zero-order chi connectivity index (χ0) is 26.2. The van der Waals surface area contributed by atoms with E-state index in [-0.39, 0.29) is 0 Å². The lowest BCUT2D eigenvalue weighted by molar-refractivity contribution is 0.0540. The van der Waals surface area contributed by atoms with Crippen molar-refractivity contribution in [1.82, 2.24) is 4.98 Å². The van der Waals surface area contributed by atoms with Crippen molar-refractivity contribution in [3.05, 3.63) is 71.8 Å². The van der Waals surface area contributed by atoms with Gasteiger partial charge in [-0.25, -0.2) is 4.98 Å². The third-order valence-corrected chi connectivity index (χ3v) is 6.41. The van der Waals surface area contributed by atoms with E-state index in [9.17, 15) is 5.11 Å². The Morgan fingerprint density at radius 1 is 0.946 bits per heavy atom. The number of aliphatic hydroxyl groups is 1. The number of anilines is 1. The summed E-state index contributed by atoms with van der Waals surface area (Å²) in [5.41, 5.74) is 1.94. The van der Waals surface area contributed by atoms with Crippen molar-refractivity contribution in [3.8, 4) is 29.1 Å². The predicted octanol–water partition coefficient (Wildman–Crippen LogP) is 4.76. The van der Waals surface area contributed by atoms with Gasteiger partial charge in [0.25, 0.3) is 0 Å². The molecule has 2 N–H and O–H groups in total. The predicted molar refractivity (Wildman–Crippen MR) is 141 cm³/mol. The van der Waals surface area contributed by atoms with Gasteiger partial charge in [-0.2, -0.15) is 5.26 Å². The standard InChI is InChI=1S/C27H27N3O6S/c1-32-12-13-35-19-10-6-18(7-11-19)25(36-20-8-4-17(16-28)5-9-20)26(31)30-27-29-21-14-22(33-2)23(34-3)15-24(21)37-27/h4-11,14-15,25-26,31H,12-13H2,1-3H3,(H,29,30). The lowest BCUT2D eigenvalue weighted by Gasteiger charge is -2.25. The number of methoxy groups -OCH3 is 3. The number of aliphatic hydroxyl groups excluding tert-OH is 1. The van der Waals surface area contributed by atoms with Crippen molar-refractivity contribution >= 4 is 26.7 Å². The molecule has 1 aromatic heterocycles.